The van der Waals surface area contributed by atoms with E-state index >= 15 is 0 Å². The Bertz CT molecular complexity index is 452. The lowest BCUT2D eigenvalue weighted by molar-refractivity contribution is -0.120. The Balaban J connectivity index is 2.58. The number of carbonyl (C=O) groups excluding carboxylic acids is 2. The van der Waals surface area contributed by atoms with Gasteiger partial charge in [0, 0.05) is 18.3 Å². The Kier molecular flexibility index (Phi) is 2.84. The topological polar surface area (TPSA) is 34.1 Å². The van der Waals surface area contributed by atoms with Crippen LogP contribution in [-0.4, -0.2) is 11.6 Å². The highest BCUT2D eigenvalue weighted by Crippen LogP contribution is 2.47. The van der Waals surface area contributed by atoms with E-state index in [1.54, 1.807) is 0 Å². The number of carbonyl (C=O) groups is 2. The fourth-order valence-corrected chi connectivity index (χ4v) is 2.96. The van der Waals surface area contributed by atoms with Crippen LogP contribution in [0.2, 0.25) is 0 Å². The monoisotopic (exact) mass is 232 g/mol. The molecule has 1 unspecified atom stereocenters. The van der Waals surface area contributed by atoms with E-state index in [1.807, 2.05) is 26.8 Å². The first-order valence-corrected chi connectivity index (χ1v) is 6.34. The molecular formula is C15H20O2. The molecule has 0 radical (unpaired) electrons. The van der Waals surface area contributed by atoms with Gasteiger partial charge in [-0.15, -0.1) is 0 Å². The maximum absolute atomic E-state index is 12.1. The van der Waals surface area contributed by atoms with Gasteiger partial charge in [0.1, 0.15) is 0 Å². The number of Topliss-reactive ketones (excluding diaryl/α,β-unsaturated/α-hetero) is 2. The molecule has 0 aromatic carbocycles. The average Bonchev–Trinajstić information content (AvgIpc) is 2.23. The molecule has 1 atom stereocenters. The molecular weight excluding hydrogens is 212 g/mol. The Morgan fingerprint density at radius 2 is 1.88 bits per heavy atom. The second-order valence-corrected chi connectivity index (χ2v) is 5.88. The van der Waals surface area contributed by atoms with Crippen LogP contribution < -0.4 is 0 Å². The minimum Gasteiger partial charge on any atom is -0.295 e. The first-order chi connectivity index (χ1) is 7.85. The summed E-state index contributed by atoms with van der Waals surface area (Å²) in [6.07, 6.45) is 3.95. The standard InChI is InChI=1S/C15H20O2/c1-9(2)11-7-12-10(3)13(16)5-6-15(12,4)8-14(11)17/h7,9H,5-6,8H2,1-4H3. The van der Waals surface area contributed by atoms with Gasteiger partial charge < -0.3 is 0 Å². The first-order valence-electron chi connectivity index (χ1n) is 6.34. The van der Waals surface area contributed by atoms with Crippen molar-refractivity contribution in [2.24, 2.45) is 11.3 Å². The molecule has 0 aromatic heterocycles. The van der Waals surface area contributed by atoms with Crippen LogP contribution in [0.1, 0.15) is 47.0 Å². The summed E-state index contributed by atoms with van der Waals surface area (Å²) in [4.78, 5) is 23.9. The summed E-state index contributed by atoms with van der Waals surface area (Å²) < 4.78 is 0. The summed E-state index contributed by atoms with van der Waals surface area (Å²) in [6, 6.07) is 0. The smallest absolute Gasteiger partial charge is 0.160 e. The van der Waals surface area contributed by atoms with E-state index in [9.17, 15) is 9.59 Å². The molecule has 0 saturated heterocycles. The molecule has 2 nitrogen and oxygen atoms in total. The van der Waals surface area contributed by atoms with E-state index in [0.29, 0.717) is 12.8 Å². The predicted octanol–water partition coefficient (Wildman–Crippen LogP) is 3.23. The SMILES string of the molecule is CC1=C2C=C(C(C)C)C(=O)CC2(C)CCC1=O. The van der Waals surface area contributed by atoms with Crippen LogP contribution in [0.15, 0.2) is 22.8 Å². The molecule has 2 heteroatoms. The zero-order valence-electron chi connectivity index (χ0n) is 11.1. The average molecular weight is 232 g/mol. The molecule has 17 heavy (non-hydrogen) atoms. The number of rotatable bonds is 1. The van der Waals surface area contributed by atoms with Crippen LogP contribution in [0.3, 0.4) is 0 Å². The third kappa shape index (κ3) is 1.90. The molecule has 0 N–H and O–H groups in total. The predicted molar refractivity (Wildman–Crippen MR) is 67.6 cm³/mol. The lowest BCUT2D eigenvalue weighted by Crippen LogP contribution is -2.34. The number of hydrogen-bond acceptors (Lipinski definition) is 2. The second kappa shape index (κ2) is 3.94. The van der Waals surface area contributed by atoms with Crippen molar-refractivity contribution in [2.75, 3.05) is 0 Å². The zero-order valence-corrected chi connectivity index (χ0v) is 11.1. The largest absolute Gasteiger partial charge is 0.295 e. The summed E-state index contributed by atoms with van der Waals surface area (Å²) in [5.74, 6) is 0.740. The lowest BCUT2D eigenvalue weighted by atomic mass is 9.64. The van der Waals surface area contributed by atoms with Crippen molar-refractivity contribution < 1.29 is 9.59 Å². The molecule has 0 spiro atoms. The maximum atomic E-state index is 12.1. The Morgan fingerprint density at radius 3 is 2.47 bits per heavy atom. The summed E-state index contributed by atoms with van der Waals surface area (Å²) in [5.41, 5.74) is 2.75. The number of fused-ring (bicyclic) bond motifs is 1. The van der Waals surface area contributed by atoms with Gasteiger partial charge in [0.15, 0.2) is 11.6 Å². The molecule has 0 fully saturated rings. The Labute approximate surface area is 103 Å². The highest BCUT2D eigenvalue weighted by atomic mass is 16.1. The van der Waals surface area contributed by atoms with Crippen molar-refractivity contribution in [2.45, 2.75) is 47.0 Å². The van der Waals surface area contributed by atoms with Crippen LogP contribution >= 0.6 is 0 Å². The van der Waals surface area contributed by atoms with E-state index in [1.165, 1.54) is 0 Å². The summed E-state index contributed by atoms with van der Waals surface area (Å²) >= 11 is 0. The van der Waals surface area contributed by atoms with Crippen molar-refractivity contribution in [3.05, 3.63) is 22.8 Å². The Hall–Kier alpha value is -1.18. The van der Waals surface area contributed by atoms with Gasteiger partial charge in [0.2, 0.25) is 0 Å². The van der Waals surface area contributed by atoms with Crippen LogP contribution in [0, 0.1) is 11.3 Å². The second-order valence-electron chi connectivity index (χ2n) is 5.88. The van der Waals surface area contributed by atoms with Gasteiger partial charge >= 0.3 is 0 Å². The normalized spacial score (nSPS) is 29.6. The van der Waals surface area contributed by atoms with Gasteiger partial charge in [-0.05, 0) is 36.0 Å². The van der Waals surface area contributed by atoms with Crippen LogP contribution in [0.25, 0.3) is 0 Å². The fourth-order valence-electron chi connectivity index (χ4n) is 2.96. The zero-order chi connectivity index (χ0) is 12.8. The lowest BCUT2D eigenvalue weighted by Gasteiger charge is -2.39. The summed E-state index contributed by atoms with van der Waals surface area (Å²) in [5, 5.41) is 0. The highest BCUT2D eigenvalue weighted by Gasteiger charge is 2.40. The molecule has 2 aliphatic carbocycles. The first kappa shape index (κ1) is 12.3. The summed E-state index contributed by atoms with van der Waals surface area (Å²) in [7, 11) is 0. The van der Waals surface area contributed by atoms with Gasteiger partial charge in [-0.3, -0.25) is 9.59 Å². The molecule has 0 aromatic rings. The van der Waals surface area contributed by atoms with Gasteiger partial charge in [0.05, 0.1) is 0 Å². The Morgan fingerprint density at radius 1 is 1.24 bits per heavy atom. The van der Waals surface area contributed by atoms with E-state index < -0.39 is 0 Å². The van der Waals surface area contributed by atoms with E-state index in [-0.39, 0.29) is 22.9 Å². The van der Waals surface area contributed by atoms with Crippen molar-refractivity contribution >= 4 is 11.6 Å². The van der Waals surface area contributed by atoms with Gasteiger partial charge in [0.25, 0.3) is 0 Å². The van der Waals surface area contributed by atoms with Gasteiger partial charge in [-0.1, -0.05) is 26.8 Å². The molecule has 92 valence electrons. The molecule has 0 saturated carbocycles. The van der Waals surface area contributed by atoms with Crippen molar-refractivity contribution in [3.63, 3.8) is 0 Å². The van der Waals surface area contributed by atoms with E-state index in [4.69, 9.17) is 0 Å². The molecule has 0 aliphatic heterocycles. The highest BCUT2D eigenvalue weighted by molar-refractivity contribution is 6.02. The molecule has 2 rings (SSSR count). The summed E-state index contributed by atoms with van der Waals surface area (Å²) in [6.45, 7) is 8.09. The number of hydrogen-bond donors (Lipinski definition) is 0. The molecule has 2 aliphatic rings. The van der Waals surface area contributed by atoms with Crippen molar-refractivity contribution in [1.82, 2.24) is 0 Å². The quantitative estimate of drug-likeness (QED) is 0.695. The van der Waals surface area contributed by atoms with E-state index in [0.717, 1.165) is 23.1 Å². The van der Waals surface area contributed by atoms with Gasteiger partial charge in [-0.25, -0.2) is 0 Å². The van der Waals surface area contributed by atoms with Gasteiger partial charge in [-0.2, -0.15) is 0 Å². The van der Waals surface area contributed by atoms with Crippen molar-refractivity contribution in [3.8, 4) is 0 Å². The number of ketones is 2. The molecule has 0 amide bonds. The molecule has 0 heterocycles. The minimum atomic E-state index is -0.104. The van der Waals surface area contributed by atoms with Crippen LogP contribution in [0.5, 0.6) is 0 Å². The number of allylic oxidation sites excluding steroid dienone is 4. The third-order valence-corrected chi connectivity index (χ3v) is 4.17. The third-order valence-electron chi connectivity index (χ3n) is 4.17. The fraction of sp³-hybridized carbons (Fsp3) is 0.600. The molecule has 0 bridgehead atoms. The maximum Gasteiger partial charge on any atom is 0.160 e. The van der Waals surface area contributed by atoms with Crippen molar-refractivity contribution in [1.29, 1.82) is 0 Å². The minimum absolute atomic E-state index is 0.104. The van der Waals surface area contributed by atoms with Crippen LogP contribution in [-0.2, 0) is 9.59 Å². The van der Waals surface area contributed by atoms with Crippen LogP contribution in [0.4, 0.5) is 0 Å². The van der Waals surface area contributed by atoms with E-state index in [2.05, 4.69) is 6.92 Å².